The van der Waals surface area contributed by atoms with Crippen LogP contribution in [0.2, 0.25) is 0 Å². The van der Waals surface area contributed by atoms with E-state index in [0.717, 1.165) is 0 Å². The molecule has 0 bridgehead atoms. The van der Waals surface area contributed by atoms with Gasteiger partial charge in [0.25, 0.3) is 0 Å². The van der Waals surface area contributed by atoms with Gasteiger partial charge in [0.15, 0.2) is 0 Å². The number of aromatic nitrogens is 2. The Bertz CT molecular complexity index is 535. The number of unbranched alkanes of at least 4 members (excludes halogenated alkanes) is 22. The van der Waals surface area contributed by atoms with E-state index < -0.39 is 0 Å². The molecule has 0 amide bonds. The van der Waals surface area contributed by atoms with Crippen molar-refractivity contribution in [2.45, 2.75) is 194 Å². The van der Waals surface area contributed by atoms with E-state index in [9.17, 15) is 0 Å². The van der Waals surface area contributed by atoms with Crippen LogP contribution < -0.4 is 4.57 Å². The first-order chi connectivity index (χ1) is 17.3. The Morgan fingerprint density at radius 1 is 0.514 bits per heavy atom. The molecule has 206 valence electrons. The van der Waals surface area contributed by atoms with Crippen molar-refractivity contribution in [1.29, 1.82) is 0 Å². The van der Waals surface area contributed by atoms with Gasteiger partial charge in [-0.05, 0) is 32.6 Å². The molecule has 2 nitrogen and oxygen atoms in total. The topological polar surface area (TPSA) is 8.81 Å². The Balaban J connectivity index is 1.86. The Kier molecular flexibility index (Phi) is 22.9. The fraction of sp³-hybridized carbons (Fsp3) is 0.909. The van der Waals surface area contributed by atoms with E-state index >= 15 is 0 Å². The van der Waals surface area contributed by atoms with Crippen molar-refractivity contribution in [3.63, 3.8) is 0 Å². The molecule has 1 heterocycles. The van der Waals surface area contributed by atoms with Gasteiger partial charge in [0.1, 0.15) is 12.4 Å². The zero-order valence-corrected chi connectivity index (χ0v) is 24.6. The molecule has 0 saturated heterocycles. The van der Waals surface area contributed by atoms with Crippen molar-refractivity contribution in [3.8, 4) is 0 Å². The van der Waals surface area contributed by atoms with E-state index in [0.29, 0.717) is 6.04 Å². The molecule has 1 unspecified atom stereocenters. The van der Waals surface area contributed by atoms with Gasteiger partial charge in [0.05, 0.1) is 12.6 Å². The first-order valence-electron chi connectivity index (χ1n) is 16.3. The van der Waals surface area contributed by atoms with Crippen molar-refractivity contribution >= 4 is 0 Å². The SMILES string of the molecule is CCCCCCCCCCCCCCCCCCC[n+]1ccn(C(C)CCCCCCCCC)c1. The number of hydrogen-bond donors (Lipinski definition) is 0. The predicted octanol–water partition coefficient (Wildman–Crippen LogP) is 11.1. The summed E-state index contributed by atoms with van der Waals surface area (Å²) in [6.07, 6.45) is 42.7. The lowest BCUT2D eigenvalue weighted by Crippen LogP contribution is -2.31. The third kappa shape index (κ3) is 20.0. The van der Waals surface area contributed by atoms with Crippen LogP contribution >= 0.6 is 0 Å². The molecule has 0 aliphatic carbocycles. The summed E-state index contributed by atoms with van der Waals surface area (Å²) >= 11 is 0. The third-order valence-electron chi connectivity index (χ3n) is 7.97. The standard InChI is InChI=1S/C33H65N2/c1-4-6-8-10-12-13-14-15-16-17-18-19-20-21-23-25-27-29-34-30-31-35(32-34)33(3)28-26-24-22-11-9-7-5-2/h30-33H,4-29H2,1-3H3/q+1. The van der Waals surface area contributed by atoms with Crippen molar-refractivity contribution in [2.75, 3.05) is 0 Å². The Hall–Kier alpha value is -0.790. The molecule has 0 radical (unpaired) electrons. The summed E-state index contributed by atoms with van der Waals surface area (Å²) in [5.74, 6) is 0. The first-order valence-corrected chi connectivity index (χ1v) is 16.3. The first kappa shape index (κ1) is 32.2. The molecule has 1 atom stereocenters. The smallest absolute Gasteiger partial charge is 0.237 e. The van der Waals surface area contributed by atoms with Crippen molar-refractivity contribution in [2.24, 2.45) is 0 Å². The second kappa shape index (κ2) is 24.9. The Labute approximate surface area is 221 Å². The summed E-state index contributed by atoms with van der Waals surface area (Å²) < 4.78 is 4.84. The number of aryl methyl sites for hydroxylation is 1. The van der Waals surface area contributed by atoms with Gasteiger partial charge in [0, 0.05) is 0 Å². The molecule has 0 aromatic carbocycles. The number of hydrogen-bond acceptors (Lipinski definition) is 0. The lowest BCUT2D eigenvalue weighted by atomic mass is 10.0. The molecule has 0 saturated carbocycles. The van der Waals surface area contributed by atoms with Crippen LogP contribution in [0, 0.1) is 0 Å². The normalized spacial score (nSPS) is 12.4. The molecule has 0 N–H and O–H groups in total. The highest BCUT2D eigenvalue weighted by Crippen LogP contribution is 2.17. The number of imidazole rings is 1. The molecule has 1 aromatic heterocycles. The fourth-order valence-electron chi connectivity index (χ4n) is 5.37. The third-order valence-corrected chi connectivity index (χ3v) is 7.97. The summed E-state index contributed by atoms with van der Waals surface area (Å²) in [6.45, 7) is 8.18. The molecule has 1 rings (SSSR count). The van der Waals surface area contributed by atoms with Crippen LogP contribution in [0.5, 0.6) is 0 Å². The molecule has 1 aromatic rings. The predicted molar refractivity (Wildman–Crippen MR) is 156 cm³/mol. The largest absolute Gasteiger partial charge is 0.243 e. The van der Waals surface area contributed by atoms with Crippen molar-refractivity contribution < 1.29 is 4.57 Å². The maximum Gasteiger partial charge on any atom is 0.243 e. The maximum atomic E-state index is 2.44. The van der Waals surface area contributed by atoms with E-state index in [2.05, 4.69) is 48.6 Å². The fourth-order valence-corrected chi connectivity index (χ4v) is 5.37. The van der Waals surface area contributed by atoms with E-state index in [1.165, 1.54) is 167 Å². The Morgan fingerprint density at radius 3 is 1.31 bits per heavy atom. The highest BCUT2D eigenvalue weighted by atomic mass is 15.1. The molecule has 0 spiro atoms. The van der Waals surface area contributed by atoms with Gasteiger partial charge in [-0.2, -0.15) is 0 Å². The zero-order chi connectivity index (χ0) is 25.2. The molecule has 0 aliphatic heterocycles. The monoisotopic (exact) mass is 490 g/mol. The van der Waals surface area contributed by atoms with Crippen LogP contribution in [0.25, 0.3) is 0 Å². The van der Waals surface area contributed by atoms with E-state index in [1.54, 1.807) is 0 Å². The number of rotatable bonds is 27. The van der Waals surface area contributed by atoms with E-state index in [1.807, 2.05) is 0 Å². The van der Waals surface area contributed by atoms with Crippen LogP contribution in [-0.2, 0) is 6.54 Å². The van der Waals surface area contributed by atoms with Crippen molar-refractivity contribution in [3.05, 3.63) is 18.7 Å². The van der Waals surface area contributed by atoms with E-state index in [4.69, 9.17) is 0 Å². The van der Waals surface area contributed by atoms with E-state index in [-0.39, 0.29) is 0 Å². The zero-order valence-electron chi connectivity index (χ0n) is 24.6. The second-order valence-electron chi connectivity index (χ2n) is 11.5. The van der Waals surface area contributed by atoms with Gasteiger partial charge in [-0.3, -0.25) is 0 Å². The van der Waals surface area contributed by atoms with Crippen LogP contribution in [-0.4, -0.2) is 4.57 Å². The number of nitrogens with zero attached hydrogens (tertiary/aromatic N) is 2. The summed E-state index contributed by atoms with van der Waals surface area (Å²) in [5.41, 5.74) is 0. The second-order valence-corrected chi connectivity index (χ2v) is 11.5. The maximum absolute atomic E-state index is 2.44. The summed E-state index contributed by atoms with van der Waals surface area (Å²) in [4.78, 5) is 0. The minimum Gasteiger partial charge on any atom is -0.237 e. The van der Waals surface area contributed by atoms with Crippen LogP contribution in [0.1, 0.15) is 187 Å². The average Bonchev–Trinajstić information content (AvgIpc) is 3.34. The average molecular weight is 490 g/mol. The molecular weight excluding hydrogens is 424 g/mol. The van der Waals surface area contributed by atoms with Gasteiger partial charge in [-0.25, -0.2) is 9.13 Å². The lowest BCUT2D eigenvalue weighted by Gasteiger charge is -2.07. The van der Waals surface area contributed by atoms with Gasteiger partial charge >= 0.3 is 0 Å². The van der Waals surface area contributed by atoms with Gasteiger partial charge in [-0.15, -0.1) is 0 Å². The van der Waals surface area contributed by atoms with Crippen LogP contribution in [0.4, 0.5) is 0 Å². The highest BCUT2D eigenvalue weighted by Gasteiger charge is 2.11. The molecule has 2 heteroatoms. The Morgan fingerprint density at radius 2 is 0.886 bits per heavy atom. The molecular formula is C33H65N2+. The molecule has 35 heavy (non-hydrogen) atoms. The van der Waals surface area contributed by atoms with Crippen LogP contribution in [0.15, 0.2) is 18.7 Å². The summed E-state index contributed by atoms with van der Waals surface area (Å²) in [7, 11) is 0. The quantitative estimate of drug-likeness (QED) is 0.0858. The van der Waals surface area contributed by atoms with Gasteiger partial charge < -0.3 is 0 Å². The molecule has 0 aliphatic rings. The molecule has 0 fully saturated rings. The van der Waals surface area contributed by atoms with Gasteiger partial charge in [0.2, 0.25) is 6.33 Å². The minimum absolute atomic E-state index is 0.641. The highest BCUT2D eigenvalue weighted by molar-refractivity contribution is 4.72. The van der Waals surface area contributed by atoms with Gasteiger partial charge in [-0.1, -0.05) is 149 Å². The lowest BCUT2D eigenvalue weighted by molar-refractivity contribution is -0.697. The summed E-state index contributed by atoms with van der Waals surface area (Å²) in [6, 6.07) is 0.641. The minimum atomic E-state index is 0.641. The van der Waals surface area contributed by atoms with Crippen LogP contribution in [0.3, 0.4) is 0 Å². The van der Waals surface area contributed by atoms with Crippen molar-refractivity contribution in [1.82, 2.24) is 4.57 Å². The summed E-state index contributed by atoms with van der Waals surface area (Å²) in [5, 5.41) is 0.